The van der Waals surface area contributed by atoms with Crippen LogP contribution in [0.3, 0.4) is 0 Å². The standard InChI is InChI=1S/C26H32F2N4O3S/c1-4-29-23-9-7-8-22(31-23)19-32(36(33,34)24-10-5-6-16-30-24)18-20-11-13-21(14-12-20)26(2,3)15-17-35-25(27)28/h5-14,16,25H,4,15,17-19H2,1-3H3,(H,29,31). The second-order valence-corrected chi connectivity index (χ2v) is 10.8. The summed E-state index contributed by atoms with van der Waals surface area (Å²) in [5.41, 5.74) is 1.94. The lowest BCUT2D eigenvalue weighted by atomic mass is 9.81. The van der Waals surface area contributed by atoms with Crippen LogP contribution in [0, 0.1) is 0 Å². The number of hydrogen-bond donors (Lipinski definition) is 1. The second kappa shape index (κ2) is 12.3. The lowest BCUT2D eigenvalue weighted by Crippen LogP contribution is -2.31. The lowest BCUT2D eigenvalue weighted by molar-refractivity contribution is -0.131. The summed E-state index contributed by atoms with van der Waals surface area (Å²) in [5.74, 6) is 0.674. The molecular formula is C26H32F2N4O3S. The van der Waals surface area contributed by atoms with Gasteiger partial charge >= 0.3 is 6.61 Å². The number of benzene rings is 1. The number of rotatable bonds is 13. The van der Waals surface area contributed by atoms with Crippen molar-refractivity contribution in [2.24, 2.45) is 0 Å². The van der Waals surface area contributed by atoms with E-state index in [1.165, 1.54) is 16.6 Å². The van der Waals surface area contributed by atoms with Gasteiger partial charge in [-0.2, -0.15) is 13.1 Å². The zero-order chi connectivity index (χ0) is 26.2. The molecule has 0 saturated carbocycles. The molecule has 1 N–H and O–H groups in total. The highest BCUT2D eigenvalue weighted by atomic mass is 32.2. The van der Waals surface area contributed by atoms with Gasteiger partial charge in [-0.05, 0) is 54.2 Å². The first-order valence-corrected chi connectivity index (χ1v) is 13.2. The quantitative estimate of drug-likeness (QED) is 0.335. The topological polar surface area (TPSA) is 84.4 Å². The normalized spacial score (nSPS) is 12.3. The van der Waals surface area contributed by atoms with Crippen molar-refractivity contribution < 1.29 is 21.9 Å². The Hall–Kier alpha value is -2.95. The molecule has 3 aromatic rings. The van der Waals surface area contributed by atoms with Gasteiger partial charge in [-0.25, -0.2) is 18.4 Å². The molecule has 194 valence electrons. The maximum atomic E-state index is 13.5. The highest BCUT2D eigenvalue weighted by molar-refractivity contribution is 7.89. The Kier molecular flexibility index (Phi) is 9.47. The number of nitrogens with zero attached hydrogens (tertiary/aromatic N) is 3. The fourth-order valence-electron chi connectivity index (χ4n) is 3.70. The Bertz CT molecular complexity index is 1210. The summed E-state index contributed by atoms with van der Waals surface area (Å²) in [4.78, 5) is 8.60. The minimum absolute atomic E-state index is 0.0374. The molecule has 0 atom stereocenters. The van der Waals surface area contributed by atoms with Crippen LogP contribution in [0.1, 0.15) is 44.0 Å². The number of hydrogen-bond acceptors (Lipinski definition) is 6. The molecule has 0 bridgehead atoms. The Morgan fingerprint density at radius 1 is 1.03 bits per heavy atom. The maximum absolute atomic E-state index is 13.5. The van der Waals surface area contributed by atoms with Gasteiger partial charge in [0.15, 0.2) is 5.03 Å². The van der Waals surface area contributed by atoms with Crippen molar-refractivity contribution in [3.63, 3.8) is 0 Å². The molecule has 0 radical (unpaired) electrons. The van der Waals surface area contributed by atoms with Gasteiger partial charge in [0.1, 0.15) is 5.82 Å². The van der Waals surface area contributed by atoms with Gasteiger partial charge in [-0.15, -0.1) is 0 Å². The van der Waals surface area contributed by atoms with Gasteiger partial charge in [-0.1, -0.05) is 50.2 Å². The fourth-order valence-corrected chi connectivity index (χ4v) is 5.03. The average molecular weight is 519 g/mol. The number of pyridine rings is 2. The summed E-state index contributed by atoms with van der Waals surface area (Å²) in [6.07, 6.45) is 1.87. The highest BCUT2D eigenvalue weighted by Crippen LogP contribution is 2.28. The van der Waals surface area contributed by atoms with Gasteiger partial charge < -0.3 is 10.1 Å². The number of alkyl halides is 2. The molecular weight excluding hydrogens is 486 g/mol. The van der Waals surface area contributed by atoms with Crippen LogP contribution in [0.25, 0.3) is 0 Å². The number of sulfonamides is 1. The molecule has 2 heterocycles. The molecule has 0 fully saturated rings. The number of ether oxygens (including phenoxy) is 1. The number of halogens is 2. The van der Waals surface area contributed by atoms with E-state index in [9.17, 15) is 17.2 Å². The third kappa shape index (κ3) is 7.52. The number of nitrogens with one attached hydrogen (secondary N) is 1. The largest absolute Gasteiger partial charge is 0.370 e. The Morgan fingerprint density at radius 2 is 1.78 bits per heavy atom. The van der Waals surface area contributed by atoms with Crippen LogP contribution in [0.2, 0.25) is 0 Å². The summed E-state index contributed by atoms with van der Waals surface area (Å²) in [5, 5.41) is 3.10. The third-order valence-corrected chi connectivity index (χ3v) is 7.52. The fraction of sp³-hybridized carbons (Fsp3) is 0.385. The van der Waals surface area contributed by atoms with Gasteiger partial charge in [0.05, 0.1) is 18.8 Å². The Labute approximate surface area is 211 Å². The third-order valence-electron chi connectivity index (χ3n) is 5.81. The minimum Gasteiger partial charge on any atom is -0.370 e. The number of aromatic nitrogens is 2. The van der Waals surface area contributed by atoms with E-state index in [0.29, 0.717) is 24.5 Å². The summed E-state index contributed by atoms with van der Waals surface area (Å²) >= 11 is 0. The predicted octanol–water partition coefficient (Wildman–Crippen LogP) is 5.21. The van der Waals surface area contributed by atoms with Crippen LogP contribution in [-0.4, -0.2) is 42.5 Å². The van der Waals surface area contributed by atoms with E-state index in [-0.39, 0.29) is 30.1 Å². The van der Waals surface area contributed by atoms with Crippen molar-refractivity contribution in [3.8, 4) is 0 Å². The molecule has 3 rings (SSSR count). The summed E-state index contributed by atoms with van der Waals surface area (Å²) in [6, 6.07) is 17.7. The van der Waals surface area contributed by atoms with Crippen LogP contribution >= 0.6 is 0 Å². The zero-order valence-electron chi connectivity index (χ0n) is 20.7. The first-order chi connectivity index (χ1) is 17.1. The summed E-state index contributed by atoms with van der Waals surface area (Å²) in [7, 11) is -3.91. The van der Waals surface area contributed by atoms with Crippen LogP contribution in [0.5, 0.6) is 0 Å². The average Bonchev–Trinajstić information content (AvgIpc) is 2.84. The second-order valence-electron chi connectivity index (χ2n) is 8.95. The van der Waals surface area contributed by atoms with Crippen LogP contribution in [0.4, 0.5) is 14.6 Å². The molecule has 0 saturated heterocycles. The molecule has 0 aliphatic carbocycles. The Balaban J connectivity index is 1.84. The molecule has 0 amide bonds. The maximum Gasteiger partial charge on any atom is 0.345 e. The smallest absolute Gasteiger partial charge is 0.345 e. The number of anilines is 1. The molecule has 0 aliphatic heterocycles. The van der Waals surface area contributed by atoms with Gasteiger partial charge in [0.2, 0.25) is 0 Å². The van der Waals surface area contributed by atoms with Crippen molar-refractivity contribution in [1.82, 2.24) is 14.3 Å². The van der Waals surface area contributed by atoms with Crippen molar-refractivity contribution in [1.29, 1.82) is 0 Å². The molecule has 1 aromatic carbocycles. The SMILES string of the molecule is CCNc1cccc(CN(Cc2ccc(C(C)(C)CCOC(F)F)cc2)S(=O)(=O)c2ccccn2)n1. The van der Waals surface area contributed by atoms with E-state index in [1.807, 2.05) is 57.2 Å². The van der Waals surface area contributed by atoms with E-state index in [1.54, 1.807) is 18.2 Å². The summed E-state index contributed by atoms with van der Waals surface area (Å²) in [6.45, 7) is 3.91. The molecule has 10 heteroatoms. The van der Waals surface area contributed by atoms with Crippen molar-refractivity contribution in [2.45, 2.75) is 57.3 Å². The first-order valence-electron chi connectivity index (χ1n) is 11.7. The van der Waals surface area contributed by atoms with E-state index in [0.717, 1.165) is 11.1 Å². The van der Waals surface area contributed by atoms with E-state index >= 15 is 0 Å². The molecule has 0 spiro atoms. The van der Waals surface area contributed by atoms with Gasteiger partial charge in [-0.3, -0.25) is 0 Å². The van der Waals surface area contributed by atoms with Gasteiger partial charge in [0.25, 0.3) is 10.0 Å². The van der Waals surface area contributed by atoms with Crippen LogP contribution < -0.4 is 5.32 Å². The lowest BCUT2D eigenvalue weighted by Gasteiger charge is -2.26. The van der Waals surface area contributed by atoms with E-state index in [4.69, 9.17) is 0 Å². The highest BCUT2D eigenvalue weighted by Gasteiger charge is 2.27. The molecule has 0 unspecified atom stereocenters. The molecule has 36 heavy (non-hydrogen) atoms. The van der Waals surface area contributed by atoms with Crippen molar-refractivity contribution in [3.05, 3.63) is 83.7 Å². The first kappa shape index (κ1) is 27.6. The van der Waals surface area contributed by atoms with Crippen LogP contribution in [-0.2, 0) is 33.3 Å². The monoisotopic (exact) mass is 518 g/mol. The van der Waals surface area contributed by atoms with Crippen molar-refractivity contribution >= 4 is 15.8 Å². The van der Waals surface area contributed by atoms with E-state index < -0.39 is 16.6 Å². The van der Waals surface area contributed by atoms with Gasteiger partial charge in [0, 0.05) is 19.3 Å². The molecule has 2 aromatic heterocycles. The Morgan fingerprint density at radius 3 is 2.42 bits per heavy atom. The predicted molar refractivity (Wildman–Crippen MR) is 135 cm³/mol. The molecule has 7 nitrogen and oxygen atoms in total. The van der Waals surface area contributed by atoms with Crippen molar-refractivity contribution in [2.75, 3.05) is 18.5 Å². The molecule has 0 aliphatic rings. The van der Waals surface area contributed by atoms with Crippen LogP contribution in [0.15, 0.2) is 71.9 Å². The minimum atomic E-state index is -3.91. The summed E-state index contributed by atoms with van der Waals surface area (Å²) < 4.78 is 57.4. The van der Waals surface area contributed by atoms with E-state index in [2.05, 4.69) is 20.0 Å². The zero-order valence-corrected chi connectivity index (χ0v) is 21.5.